The van der Waals surface area contributed by atoms with Gasteiger partial charge in [0, 0.05) is 25.2 Å². The number of aryl methyl sites for hydroxylation is 2. The summed E-state index contributed by atoms with van der Waals surface area (Å²) in [4.78, 5) is 29.5. The molecule has 6 heteroatoms. The van der Waals surface area contributed by atoms with Crippen LogP contribution in [0.5, 0.6) is 0 Å². The van der Waals surface area contributed by atoms with Gasteiger partial charge in [0.2, 0.25) is 0 Å². The van der Waals surface area contributed by atoms with E-state index in [0.29, 0.717) is 31.0 Å². The molecular weight excluding hydrogens is 405 g/mol. The van der Waals surface area contributed by atoms with Crippen molar-refractivity contribution in [1.82, 2.24) is 4.90 Å². The molecule has 164 valence electrons. The van der Waals surface area contributed by atoms with E-state index in [1.54, 1.807) is 23.1 Å². The Morgan fingerprint density at radius 2 is 1.72 bits per heavy atom. The summed E-state index contributed by atoms with van der Waals surface area (Å²) in [5, 5.41) is 2.83. The first-order valence-electron chi connectivity index (χ1n) is 10.7. The molecule has 0 atom stereocenters. The number of halogens is 1. The van der Waals surface area contributed by atoms with Crippen LogP contribution in [-0.4, -0.2) is 29.9 Å². The van der Waals surface area contributed by atoms with Gasteiger partial charge in [-0.2, -0.15) is 0 Å². The predicted octanol–water partition coefficient (Wildman–Crippen LogP) is 5.53. The van der Waals surface area contributed by atoms with Gasteiger partial charge in [0.1, 0.15) is 5.82 Å². The van der Waals surface area contributed by atoms with Crippen LogP contribution in [0.1, 0.15) is 33.5 Å². The van der Waals surface area contributed by atoms with Gasteiger partial charge < -0.3 is 10.2 Å². The fraction of sp³-hybridized carbons (Fsp3) is 0.231. The van der Waals surface area contributed by atoms with Gasteiger partial charge in [-0.1, -0.05) is 47.5 Å². The number of carbonyl (C=O) groups excluding carboxylic acids is 2. The molecule has 3 aromatic carbocycles. The van der Waals surface area contributed by atoms with Crippen LogP contribution < -0.4 is 10.2 Å². The zero-order valence-electron chi connectivity index (χ0n) is 18.3. The van der Waals surface area contributed by atoms with Crippen LogP contribution in [0.4, 0.5) is 20.6 Å². The maximum Gasteiger partial charge on any atom is 0.324 e. The van der Waals surface area contributed by atoms with Crippen LogP contribution in [0.25, 0.3) is 0 Å². The highest BCUT2D eigenvalue weighted by Gasteiger charge is 2.28. The second-order valence-corrected chi connectivity index (χ2v) is 8.19. The lowest BCUT2D eigenvalue weighted by Gasteiger charge is -2.36. The van der Waals surface area contributed by atoms with Crippen molar-refractivity contribution in [2.45, 2.75) is 26.8 Å². The van der Waals surface area contributed by atoms with Crippen molar-refractivity contribution in [3.8, 4) is 0 Å². The topological polar surface area (TPSA) is 52.6 Å². The molecule has 3 amide bonds. The number of anilines is 2. The second-order valence-electron chi connectivity index (χ2n) is 8.19. The number of para-hydroxylation sites is 2. The number of rotatable bonds is 5. The highest BCUT2D eigenvalue weighted by atomic mass is 19.1. The number of nitrogens with one attached hydrogen (secondary N) is 1. The van der Waals surface area contributed by atoms with Crippen LogP contribution in [0.2, 0.25) is 0 Å². The summed E-state index contributed by atoms with van der Waals surface area (Å²) in [5.74, 6) is -0.896. The molecule has 0 unspecified atom stereocenters. The van der Waals surface area contributed by atoms with Gasteiger partial charge in [0.15, 0.2) is 0 Å². The van der Waals surface area contributed by atoms with Crippen LogP contribution >= 0.6 is 0 Å². The van der Waals surface area contributed by atoms with Gasteiger partial charge in [-0.3, -0.25) is 9.69 Å². The molecule has 32 heavy (non-hydrogen) atoms. The van der Waals surface area contributed by atoms with Crippen molar-refractivity contribution < 1.29 is 14.0 Å². The highest BCUT2D eigenvalue weighted by molar-refractivity contribution is 6.07. The maximum absolute atomic E-state index is 13.5. The molecule has 0 bridgehead atoms. The van der Waals surface area contributed by atoms with Gasteiger partial charge in [-0.05, 0) is 56.2 Å². The molecule has 1 fully saturated rings. The van der Waals surface area contributed by atoms with E-state index in [4.69, 9.17) is 0 Å². The maximum atomic E-state index is 13.5. The summed E-state index contributed by atoms with van der Waals surface area (Å²) < 4.78 is 13.5. The molecule has 1 saturated heterocycles. The Hall–Kier alpha value is -3.67. The molecule has 4 rings (SSSR count). The molecule has 1 heterocycles. The van der Waals surface area contributed by atoms with E-state index in [2.05, 4.69) is 37.4 Å². The molecule has 1 aliphatic heterocycles. The lowest BCUT2D eigenvalue weighted by molar-refractivity contribution is 0.102. The summed E-state index contributed by atoms with van der Waals surface area (Å²) in [6, 6.07) is 19.0. The molecule has 3 aromatic rings. The SMILES string of the molecule is Cc1cc(C)cc(CN2CCCN(c3ccccc3NC(=O)c3cccc(F)c3)C2=O)c1. The fourth-order valence-electron chi connectivity index (χ4n) is 4.17. The number of benzene rings is 3. The Bertz CT molecular complexity index is 1140. The molecule has 1 N–H and O–H groups in total. The lowest BCUT2D eigenvalue weighted by Crippen LogP contribution is -2.49. The van der Waals surface area contributed by atoms with Crippen molar-refractivity contribution in [2.75, 3.05) is 23.3 Å². The number of nitrogens with zero attached hydrogens (tertiary/aromatic N) is 2. The quantitative estimate of drug-likeness (QED) is 0.578. The van der Waals surface area contributed by atoms with Crippen molar-refractivity contribution in [3.63, 3.8) is 0 Å². The molecule has 1 aliphatic rings. The van der Waals surface area contributed by atoms with Gasteiger partial charge in [0.05, 0.1) is 11.4 Å². The first-order valence-corrected chi connectivity index (χ1v) is 10.7. The monoisotopic (exact) mass is 431 g/mol. The first kappa shape index (κ1) is 21.6. The second kappa shape index (κ2) is 9.22. The zero-order chi connectivity index (χ0) is 22.7. The molecule has 0 aromatic heterocycles. The van der Waals surface area contributed by atoms with E-state index in [1.807, 2.05) is 17.0 Å². The molecule has 0 spiro atoms. The van der Waals surface area contributed by atoms with E-state index in [0.717, 1.165) is 12.0 Å². The minimum atomic E-state index is -0.473. The predicted molar refractivity (Wildman–Crippen MR) is 124 cm³/mol. The minimum absolute atomic E-state index is 0.0946. The van der Waals surface area contributed by atoms with Gasteiger partial charge in [-0.25, -0.2) is 9.18 Å². The average molecular weight is 432 g/mol. The molecule has 0 saturated carbocycles. The van der Waals surface area contributed by atoms with Crippen molar-refractivity contribution >= 4 is 23.3 Å². The fourth-order valence-corrected chi connectivity index (χ4v) is 4.17. The third-order valence-electron chi connectivity index (χ3n) is 5.50. The van der Waals surface area contributed by atoms with Gasteiger partial charge >= 0.3 is 6.03 Å². The van der Waals surface area contributed by atoms with Crippen molar-refractivity contribution in [1.29, 1.82) is 0 Å². The number of amides is 3. The smallest absolute Gasteiger partial charge is 0.320 e. The Labute approximate surface area is 187 Å². The summed E-state index contributed by atoms with van der Waals surface area (Å²) >= 11 is 0. The molecular formula is C26H26FN3O2. The zero-order valence-corrected chi connectivity index (χ0v) is 18.3. The van der Waals surface area contributed by atoms with Crippen molar-refractivity contribution in [3.05, 3.63) is 94.8 Å². The van der Waals surface area contributed by atoms with Crippen LogP contribution in [0.3, 0.4) is 0 Å². The average Bonchev–Trinajstić information content (AvgIpc) is 2.75. The largest absolute Gasteiger partial charge is 0.324 e. The van der Waals surface area contributed by atoms with E-state index in [9.17, 15) is 14.0 Å². The highest BCUT2D eigenvalue weighted by Crippen LogP contribution is 2.29. The summed E-state index contributed by atoms with van der Waals surface area (Å²) in [6.07, 6.45) is 0.822. The normalized spacial score (nSPS) is 13.9. The van der Waals surface area contributed by atoms with Crippen molar-refractivity contribution in [2.24, 2.45) is 0 Å². The Balaban J connectivity index is 1.55. The lowest BCUT2D eigenvalue weighted by atomic mass is 10.1. The van der Waals surface area contributed by atoms with Gasteiger partial charge in [-0.15, -0.1) is 0 Å². The van der Waals surface area contributed by atoms with E-state index >= 15 is 0 Å². The Kier molecular flexibility index (Phi) is 6.21. The Morgan fingerprint density at radius 1 is 0.969 bits per heavy atom. The first-order chi connectivity index (χ1) is 15.4. The molecule has 0 radical (unpaired) electrons. The number of hydrogen-bond donors (Lipinski definition) is 1. The third-order valence-corrected chi connectivity index (χ3v) is 5.50. The summed E-state index contributed by atoms with van der Waals surface area (Å²) in [7, 11) is 0. The van der Waals surface area contributed by atoms with E-state index < -0.39 is 11.7 Å². The molecule has 0 aliphatic carbocycles. The third kappa shape index (κ3) is 4.80. The standard InChI is InChI=1S/C26H26FN3O2/c1-18-13-19(2)15-20(14-18)17-29-11-6-12-30(26(29)32)24-10-4-3-9-23(24)28-25(31)21-7-5-8-22(27)16-21/h3-5,7-10,13-16H,6,11-12,17H2,1-2H3,(H,28,31). The van der Waals surface area contributed by atoms with Crippen LogP contribution in [-0.2, 0) is 6.54 Å². The molecule has 5 nitrogen and oxygen atoms in total. The van der Waals surface area contributed by atoms with Gasteiger partial charge in [0.25, 0.3) is 5.91 Å². The van der Waals surface area contributed by atoms with E-state index in [-0.39, 0.29) is 11.6 Å². The van der Waals surface area contributed by atoms with Crippen LogP contribution in [0.15, 0.2) is 66.7 Å². The summed E-state index contributed by atoms with van der Waals surface area (Å²) in [5.41, 5.74) is 4.82. The number of hydrogen-bond acceptors (Lipinski definition) is 2. The van der Waals surface area contributed by atoms with E-state index in [1.165, 1.54) is 29.3 Å². The van der Waals surface area contributed by atoms with Crippen LogP contribution in [0, 0.1) is 19.7 Å². The number of carbonyl (C=O) groups is 2. The Morgan fingerprint density at radius 3 is 2.47 bits per heavy atom. The minimum Gasteiger partial charge on any atom is -0.320 e. The number of urea groups is 1. The summed E-state index contributed by atoms with van der Waals surface area (Å²) in [6.45, 7) is 5.89.